The maximum atomic E-state index is 5.88. The molecule has 0 fully saturated rings. The zero-order chi connectivity index (χ0) is 12.8. The zero-order valence-corrected chi connectivity index (χ0v) is 10.9. The van der Waals surface area contributed by atoms with Gasteiger partial charge < -0.3 is 15.1 Å². The average Bonchev–Trinajstić information content (AvgIpc) is 2.77. The Kier molecular flexibility index (Phi) is 4.55. The minimum Gasteiger partial charge on any atom is -0.406 e. The molecule has 0 saturated carbocycles. The van der Waals surface area contributed by atoms with Crippen molar-refractivity contribution >= 4 is 23.3 Å². The van der Waals surface area contributed by atoms with Crippen LogP contribution in [0.3, 0.4) is 0 Å². The molecule has 0 amide bonds. The average molecular weight is 267 g/mol. The first-order chi connectivity index (χ1) is 8.78. The van der Waals surface area contributed by atoms with Crippen LogP contribution in [0.1, 0.15) is 19.2 Å². The molecule has 2 aromatic rings. The van der Waals surface area contributed by atoms with E-state index in [2.05, 4.69) is 27.8 Å². The second-order valence-corrected chi connectivity index (χ2v) is 4.25. The monoisotopic (exact) mass is 266 g/mol. The fourth-order valence-corrected chi connectivity index (χ4v) is 1.63. The molecule has 0 aliphatic heterocycles. The third kappa shape index (κ3) is 3.72. The van der Waals surface area contributed by atoms with Crippen LogP contribution in [0.5, 0.6) is 0 Å². The summed E-state index contributed by atoms with van der Waals surface area (Å²) in [5.41, 5.74) is 0.819. The van der Waals surface area contributed by atoms with Crippen molar-refractivity contribution in [3.05, 3.63) is 35.2 Å². The number of aromatic nitrogens is 2. The second kappa shape index (κ2) is 6.37. The van der Waals surface area contributed by atoms with Gasteiger partial charge >= 0.3 is 6.01 Å². The van der Waals surface area contributed by atoms with Gasteiger partial charge in [0.05, 0.1) is 6.54 Å². The third-order valence-electron chi connectivity index (χ3n) is 2.25. The molecule has 0 spiro atoms. The number of hydrogen-bond donors (Lipinski definition) is 2. The lowest BCUT2D eigenvalue weighted by molar-refractivity contribution is 0.479. The molecule has 1 heterocycles. The summed E-state index contributed by atoms with van der Waals surface area (Å²) in [6, 6.07) is 7.70. The summed E-state index contributed by atoms with van der Waals surface area (Å²) in [6.45, 7) is 3.62. The zero-order valence-electron chi connectivity index (χ0n) is 10.1. The Balaban J connectivity index is 1.94. The van der Waals surface area contributed by atoms with Crippen molar-refractivity contribution in [2.75, 3.05) is 11.9 Å². The molecular weight excluding hydrogens is 252 g/mol. The molecule has 0 aliphatic carbocycles. The fourth-order valence-electron chi connectivity index (χ4n) is 1.44. The van der Waals surface area contributed by atoms with Crippen LogP contribution in [0.2, 0.25) is 5.02 Å². The minimum atomic E-state index is 0.366. The topological polar surface area (TPSA) is 63.0 Å². The first-order valence-corrected chi connectivity index (χ1v) is 6.21. The van der Waals surface area contributed by atoms with Crippen molar-refractivity contribution in [3.8, 4) is 0 Å². The molecule has 96 valence electrons. The molecule has 0 radical (unpaired) electrons. The molecule has 0 atom stereocenters. The summed E-state index contributed by atoms with van der Waals surface area (Å²) in [5, 5.41) is 14.7. The second-order valence-electron chi connectivity index (χ2n) is 3.81. The standard InChI is InChI=1S/C12H15ClN4O/c1-2-6-14-8-11-16-17-12(18-11)15-10-5-3-4-9(13)7-10/h3-5,7,14H,2,6,8H2,1H3,(H,15,17). The van der Waals surface area contributed by atoms with E-state index in [0.717, 1.165) is 18.7 Å². The van der Waals surface area contributed by atoms with Crippen LogP contribution in [0.4, 0.5) is 11.7 Å². The number of halogens is 1. The highest BCUT2D eigenvalue weighted by Crippen LogP contribution is 2.19. The van der Waals surface area contributed by atoms with Gasteiger partial charge in [-0.25, -0.2) is 0 Å². The van der Waals surface area contributed by atoms with Crippen molar-refractivity contribution in [3.63, 3.8) is 0 Å². The van der Waals surface area contributed by atoms with Crippen molar-refractivity contribution in [2.24, 2.45) is 0 Å². The number of anilines is 2. The van der Waals surface area contributed by atoms with Gasteiger partial charge in [-0.2, -0.15) is 0 Å². The van der Waals surface area contributed by atoms with Gasteiger partial charge in [-0.05, 0) is 31.2 Å². The van der Waals surface area contributed by atoms with Crippen molar-refractivity contribution in [2.45, 2.75) is 19.9 Å². The predicted molar refractivity (Wildman–Crippen MR) is 71.0 cm³/mol. The molecule has 1 aromatic carbocycles. The van der Waals surface area contributed by atoms with Gasteiger partial charge in [-0.15, -0.1) is 5.10 Å². The Morgan fingerprint density at radius 3 is 3.00 bits per heavy atom. The Morgan fingerprint density at radius 1 is 1.33 bits per heavy atom. The molecule has 0 saturated heterocycles. The van der Waals surface area contributed by atoms with Gasteiger partial charge in [0.25, 0.3) is 0 Å². The maximum absolute atomic E-state index is 5.88. The van der Waals surface area contributed by atoms with E-state index in [1.54, 1.807) is 12.1 Å². The summed E-state index contributed by atoms with van der Waals surface area (Å²) in [5.74, 6) is 0.563. The minimum absolute atomic E-state index is 0.366. The molecule has 1 aromatic heterocycles. The summed E-state index contributed by atoms with van der Waals surface area (Å²) in [4.78, 5) is 0. The van der Waals surface area contributed by atoms with Gasteiger partial charge in [-0.1, -0.05) is 29.7 Å². The van der Waals surface area contributed by atoms with E-state index in [4.69, 9.17) is 16.0 Å². The Labute approximate surface area is 111 Å². The van der Waals surface area contributed by atoms with Crippen LogP contribution in [-0.2, 0) is 6.54 Å². The molecule has 5 nitrogen and oxygen atoms in total. The SMILES string of the molecule is CCCNCc1nnc(Nc2cccc(Cl)c2)o1. The molecule has 0 unspecified atom stereocenters. The molecule has 18 heavy (non-hydrogen) atoms. The van der Waals surface area contributed by atoms with Crippen molar-refractivity contribution < 1.29 is 4.42 Å². The van der Waals surface area contributed by atoms with Crippen LogP contribution in [-0.4, -0.2) is 16.7 Å². The van der Waals surface area contributed by atoms with Crippen LogP contribution < -0.4 is 10.6 Å². The lowest BCUT2D eigenvalue weighted by Crippen LogP contribution is -2.13. The summed E-state index contributed by atoms with van der Waals surface area (Å²) >= 11 is 5.88. The maximum Gasteiger partial charge on any atom is 0.320 e. The number of benzene rings is 1. The number of hydrogen-bond acceptors (Lipinski definition) is 5. The molecular formula is C12H15ClN4O. The molecule has 2 rings (SSSR count). The quantitative estimate of drug-likeness (QED) is 0.787. The Bertz CT molecular complexity index is 500. The lowest BCUT2D eigenvalue weighted by Gasteiger charge is -2.00. The van der Waals surface area contributed by atoms with Crippen molar-refractivity contribution in [1.82, 2.24) is 15.5 Å². The largest absolute Gasteiger partial charge is 0.406 e. The summed E-state index contributed by atoms with van der Waals surface area (Å²) in [6.07, 6.45) is 1.07. The van der Waals surface area contributed by atoms with E-state index >= 15 is 0 Å². The molecule has 0 bridgehead atoms. The van der Waals surface area contributed by atoms with E-state index < -0.39 is 0 Å². The summed E-state index contributed by atoms with van der Waals surface area (Å²) < 4.78 is 5.44. The lowest BCUT2D eigenvalue weighted by atomic mass is 10.3. The normalized spacial score (nSPS) is 10.6. The van der Waals surface area contributed by atoms with Crippen LogP contribution in [0.15, 0.2) is 28.7 Å². The highest BCUT2D eigenvalue weighted by atomic mass is 35.5. The van der Waals surface area contributed by atoms with E-state index in [1.165, 1.54) is 0 Å². The molecule has 0 aliphatic rings. The Morgan fingerprint density at radius 2 is 2.22 bits per heavy atom. The highest BCUT2D eigenvalue weighted by Gasteiger charge is 2.05. The first-order valence-electron chi connectivity index (χ1n) is 5.83. The van der Waals surface area contributed by atoms with Crippen LogP contribution in [0.25, 0.3) is 0 Å². The van der Waals surface area contributed by atoms with Gasteiger partial charge in [0, 0.05) is 10.7 Å². The third-order valence-corrected chi connectivity index (χ3v) is 2.48. The van der Waals surface area contributed by atoms with Crippen molar-refractivity contribution in [1.29, 1.82) is 0 Å². The molecule has 2 N–H and O–H groups in total. The highest BCUT2D eigenvalue weighted by molar-refractivity contribution is 6.30. The van der Waals surface area contributed by atoms with E-state index in [0.29, 0.717) is 23.5 Å². The van der Waals surface area contributed by atoms with Crippen LogP contribution in [0, 0.1) is 0 Å². The smallest absolute Gasteiger partial charge is 0.320 e. The van der Waals surface area contributed by atoms with Crippen LogP contribution >= 0.6 is 11.6 Å². The molecule has 6 heteroatoms. The number of rotatable bonds is 6. The van der Waals surface area contributed by atoms with Gasteiger partial charge in [0.15, 0.2) is 0 Å². The van der Waals surface area contributed by atoms with Gasteiger partial charge in [0.1, 0.15) is 0 Å². The van der Waals surface area contributed by atoms with E-state index in [9.17, 15) is 0 Å². The van der Waals surface area contributed by atoms with Gasteiger partial charge in [0.2, 0.25) is 5.89 Å². The predicted octanol–water partition coefficient (Wildman–Crippen LogP) is 2.97. The Hall–Kier alpha value is -1.59. The van der Waals surface area contributed by atoms with E-state index in [1.807, 2.05) is 12.1 Å². The first kappa shape index (κ1) is 12.9. The summed E-state index contributed by atoms with van der Waals surface area (Å²) in [7, 11) is 0. The number of nitrogens with one attached hydrogen (secondary N) is 2. The fraction of sp³-hybridized carbons (Fsp3) is 0.333. The van der Waals surface area contributed by atoms with Gasteiger partial charge in [-0.3, -0.25) is 0 Å². The van der Waals surface area contributed by atoms with E-state index in [-0.39, 0.29) is 0 Å². The number of nitrogens with zero attached hydrogens (tertiary/aromatic N) is 2.